The smallest absolute Gasteiger partial charge is 0.304 e. The van der Waals surface area contributed by atoms with Crippen molar-refractivity contribution >= 4 is 5.97 Å². The van der Waals surface area contributed by atoms with Gasteiger partial charge in [0.2, 0.25) is 0 Å². The number of nitrogens with one attached hydrogen (secondary N) is 1. The van der Waals surface area contributed by atoms with E-state index in [-0.39, 0.29) is 13.0 Å². The van der Waals surface area contributed by atoms with E-state index in [0.717, 1.165) is 26.1 Å². The van der Waals surface area contributed by atoms with Crippen LogP contribution in [-0.2, 0) is 4.79 Å². The third kappa shape index (κ3) is 7.22. The van der Waals surface area contributed by atoms with E-state index >= 15 is 0 Å². The molecule has 5 heteroatoms. The molecule has 1 fully saturated rings. The van der Waals surface area contributed by atoms with E-state index < -0.39 is 5.97 Å². The Morgan fingerprint density at radius 2 is 2.15 bits per heavy atom. The van der Waals surface area contributed by atoms with Crippen molar-refractivity contribution in [2.45, 2.75) is 51.5 Å². The molecule has 0 radical (unpaired) electrons. The van der Waals surface area contributed by atoms with Crippen LogP contribution < -0.4 is 5.32 Å². The fourth-order valence-corrected chi connectivity index (χ4v) is 2.97. The van der Waals surface area contributed by atoms with Crippen molar-refractivity contribution in [3.63, 3.8) is 0 Å². The van der Waals surface area contributed by atoms with Crippen LogP contribution in [-0.4, -0.2) is 59.9 Å². The Hall–Kier alpha value is -0.650. The summed E-state index contributed by atoms with van der Waals surface area (Å²) in [5, 5.41) is 21.2. The predicted octanol–water partition coefficient (Wildman–Crippen LogP) is 1.31. The summed E-state index contributed by atoms with van der Waals surface area (Å²) in [7, 11) is 0. The second kappa shape index (κ2) is 10.1. The van der Waals surface area contributed by atoms with Crippen molar-refractivity contribution in [3.05, 3.63) is 0 Å². The van der Waals surface area contributed by atoms with Gasteiger partial charge >= 0.3 is 5.97 Å². The number of rotatable bonds is 10. The molecule has 1 aliphatic heterocycles. The van der Waals surface area contributed by atoms with Crippen LogP contribution in [0.25, 0.3) is 0 Å². The standard InChI is InChI=1S/C15H30N2O3/c1-2-3-5-13-10-14(16-7-4-9-18)12-17(11-13)8-6-15(19)20/h13-14,16,18H,2-12H2,1H3,(H,19,20). The van der Waals surface area contributed by atoms with Crippen LogP contribution in [0.3, 0.4) is 0 Å². The summed E-state index contributed by atoms with van der Waals surface area (Å²) >= 11 is 0. The highest BCUT2D eigenvalue weighted by atomic mass is 16.4. The van der Waals surface area contributed by atoms with Crippen molar-refractivity contribution < 1.29 is 15.0 Å². The number of carboxylic acids is 1. The first-order chi connectivity index (χ1) is 9.65. The molecule has 2 unspecified atom stereocenters. The largest absolute Gasteiger partial charge is 0.481 e. The monoisotopic (exact) mass is 286 g/mol. The number of piperidine rings is 1. The quantitative estimate of drug-likeness (QED) is 0.528. The van der Waals surface area contributed by atoms with Crippen molar-refractivity contribution in [1.82, 2.24) is 10.2 Å². The van der Waals surface area contributed by atoms with Crippen LogP contribution in [0.15, 0.2) is 0 Å². The van der Waals surface area contributed by atoms with E-state index in [1.54, 1.807) is 0 Å². The molecule has 20 heavy (non-hydrogen) atoms. The van der Waals surface area contributed by atoms with Gasteiger partial charge in [-0.25, -0.2) is 0 Å². The second-order valence-corrected chi connectivity index (χ2v) is 5.88. The third-order valence-electron chi connectivity index (χ3n) is 3.99. The molecule has 3 N–H and O–H groups in total. The van der Waals surface area contributed by atoms with E-state index in [9.17, 15) is 4.79 Å². The number of carbonyl (C=O) groups is 1. The summed E-state index contributed by atoms with van der Waals surface area (Å²) in [6.45, 7) is 5.89. The van der Waals surface area contributed by atoms with Crippen molar-refractivity contribution in [2.75, 3.05) is 32.8 Å². The Morgan fingerprint density at radius 1 is 1.35 bits per heavy atom. The lowest BCUT2D eigenvalue weighted by Crippen LogP contribution is -2.50. The number of aliphatic carboxylic acids is 1. The minimum Gasteiger partial charge on any atom is -0.481 e. The molecule has 5 nitrogen and oxygen atoms in total. The van der Waals surface area contributed by atoms with Gasteiger partial charge in [0.1, 0.15) is 0 Å². The summed E-state index contributed by atoms with van der Waals surface area (Å²) in [4.78, 5) is 13.0. The van der Waals surface area contributed by atoms with Gasteiger partial charge in [-0.15, -0.1) is 0 Å². The number of hydrogen-bond acceptors (Lipinski definition) is 4. The second-order valence-electron chi connectivity index (χ2n) is 5.88. The number of nitrogens with zero attached hydrogens (tertiary/aromatic N) is 1. The van der Waals surface area contributed by atoms with Crippen LogP contribution in [0.1, 0.15) is 45.4 Å². The molecule has 0 aliphatic carbocycles. The van der Waals surface area contributed by atoms with E-state index in [4.69, 9.17) is 10.2 Å². The van der Waals surface area contributed by atoms with E-state index in [1.807, 2.05) is 0 Å². The first-order valence-corrected chi connectivity index (χ1v) is 7.94. The van der Waals surface area contributed by atoms with Crippen LogP contribution in [0.5, 0.6) is 0 Å². The molecule has 1 saturated heterocycles. The molecule has 0 aromatic heterocycles. The zero-order chi connectivity index (χ0) is 14.8. The zero-order valence-electron chi connectivity index (χ0n) is 12.7. The van der Waals surface area contributed by atoms with E-state index in [1.165, 1.54) is 25.7 Å². The molecule has 1 rings (SSSR count). The van der Waals surface area contributed by atoms with Crippen molar-refractivity contribution in [2.24, 2.45) is 5.92 Å². The summed E-state index contributed by atoms with van der Waals surface area (Å²) in [6.07, 6.45) is 5.89. The van der Waals surface area contributed by atoms with Gasteiger partial charge < -0.3 is 20.4 Å². The molecule has 1 aliphatic rings. The summed E-state index contributed by atoms with van der Waals surface area (Å²) in [6, 6.07) is 0.436. The molecular formula is C15H30N2O3. The molecule has 0 amide bonds. The minimum absolute atomic E-state index is 0.224. The Bertz CT molecular complexity index is 274. The van der Waals surface area contributed by atoms with Crippen LogP contribution >= 0.6 is 0 Å². The normalized spacial score (nSPS) is 23.9. The average Bonchev–Trinajstić information content (AvgIpc) is 2.43. The van der Waals surface area contributed by atoms with Gasteiger partial charge in [0.25, 0.3) is 0 Å². The summed E-state index contributed by atoms with van der Waals surface area (Å²) < 4.78 is 0. The maximum absolute atomic E-state index is 10.7. The highest BCUT2D eigenvalue weighted by Gasteiger charge is 2.26. The predicted molar refractivity (Wildman–Crippen MR) is 79.8 cm³/mol. The van der Waals surface area contributed by atoms with Gasteiger partial charge in [0.15, 0.2) is 0 Å². The number of likely N-dealkylation sites (tertiary alicyclic amines) is 1. The van der Waals surface area contributed by atoms with Gasteiger partial charge in [-0.05, 0) is 31.7 Å². The Balaban J connectivity index is 2.41. The lowest BCUT2D eigenvalue weighted by Gasteiger charge is -2.38. The van der Waals surface area contributed by atoms with E-state index in [2.05, 4.69) is 17.1 Å². The molecule has 0 spiro atoms. The SMILES string of the molecule is CCCCC1CC(NCCCO)CN(CCC(=O)O)C1. The maximum Gasteiger partial charge on any atom is 0.304 e. The number of hydrogen-bond donors (Lipinski definition) is 3. The molecule has 0 bridgehead atoms. The highest BCUT2D eigenvalue weighted by Crippen LogP contribution is 2.22. The molecule has 0 aromatic rings. The Labute approximate surface area is 122 Å². The van der Waals surface area contributed by atoms with E-state index in [0.29, 0.717) is 18.5 Å². The third-order valence-corrected chi connectivity index (χ3v) is 3.99. The summed E-state index contributed by atoms with van der Waals surface area (Å²) in [5.74, 6) is -0.0467. The lowest BCUT2D eigenvalue weighted by atomic mass is 9.89. The zero-order valence-corrected chi connectivity index (χ0v) is 12.7. The minimum atomic E-state index is -0.717. The Kier molecular flexibility index (Phi) is 8.82. The fourth-order valence-electron chi connectivity index (χ4n) is 2.97. The highest BCUT2D eigenvalue weighted by molar-refractivity contribution is 5.66. The number of carboxylic acid groups (broad SMARTS) is 1. The average molecular weight is 286 g/mol. The number of aliphatic hydroxyl groups is 1. The van der Waals surface area contributed by atoms with Crippen LogP contribution in [0.4, 0.5) is 0 Å². The lowest BCUT2D eigenvalue weighted by molar-refractivity contribution is -0.137. The first kappa shape index (κ1) is 17.4. The molecule has 1 heterocycles. The maximum atomic E-state index is 10.7. The topological polar surface area (TPSA) is 72.8 Å². The van der Waals surface area contributed by atoms with Crippen LogP contribution in [0.2, 0.25) is 0 Å². The fraction of sp³-hybridized carbons (Fsp3) is 0.933. The molecule has 0 saturated carbocycles. The molecule has 118 valence electrons. The Morgan fingerprint density at radius 3 is 2.80 bits per heavy atom. The molecular weight excluding hydrogens is 256 g/mol. The van der Waals surface area contributed by atoms with Crippen LogP contribution in [0, 0.1) is 5.92 Å². The number of unbranched alkanes of at least 4 members (excludes halogenated alkanes) is 1. The van der Waals surface area contributed by atoms with Crippen molar-refractivity contribution in [1.29, 1.82) is 0 Å². The summed E-state index contributed by atoms with van der Waals surface area (Å²) in [5.41, 5.74) is 0. The van der Waals surface area contributed by atoms with Gasteiger partial charge in [-0.3, -0.25) is 4.79 Å². The van der Waals surface area contributed by atoms with Crippen molar-refractivity contribution in [3.8, 4) is 0 Å². The van der Waals surface area contributed by atoms with Gasteiger partial charge in [-0.2, -0.15) is 0 Å². The van der Waals surface area contributed by atoms with Gasteiger partial charge in [0.05, 0.1) is 6.42 Å². The molecule has 2 atom stereocenters. The van der Waals surface area contributed by atoms with Gasteiger partial charge in [0, 0.05) is 32.3 Å². The van der Waals surface area contributed by atoms with Gasteiger partial charge in [-0.1, -0.05) is 19.8 Å². The first-order valence-electron chi connectivity index (χ1n) is 7.94. The molecule has 0 aromatic carbocycles. The number of aliphatic hydroxyl groups excluding tert-OH is 1.